The Morgan fingerprint density at radius 2 is 2.28 bits per heavy atom. The van der Waals surface area contributed by atoms with E-state index in [0.717, 1.165) is 14.9 Å². The van der Waals surface area contributed by atoms with Crippen LogP contribution in [-0.2, 0) is 6.54 Å². The molecule has 0 aliphatic carbocycles. The van der Waals surface area contributed by atoms with Crippen LogP contribution in [-0.4, -0.2) is 16.0 Å². The molecule has 94 valence electrons. The number of aromatic amines is 1. The predicted molar refractivity (Wildman–Crippen MR) is 76.9 cm³/mol. The van der Waals surface area contributed by atoms with Crippen LogP contribution in [0.1, 0.15) is 16.1 Å². The Kier molecular flexibility index (Phi) is 4.02. The van der Waals surface area contributed by atoms with E-state index >= 15 is 0 Å². The summed E-state index contributed by atoms with van der Waals surface area (Å²) in [5.41, 5.74) is 0.864. The molecule has 7 heteroatoms. The molecule has 18 heavy (non-hydrogen) atoms. The molecule has 0 spiro atoms. The fourth-order valence-corrected chi connectivity index (χ4v) is 2.43. The average Bonchev–Trinajstić information content (AvgIpc) is 2.75. The monoisotopic (exact) mass is 376 g/mol. The molecule has 0 aliphatic heterocycles. The van der Waals surface area contributed by atoms with Crippen molar-refractivity contribution in [2.75, 3.05) is 0 Å². The third kappa shape index (κ3) is 3.10. The van der Waals surface area contributed by atoms with Crippen LogP contribution in [0.3, 0.4) is 0 Å². The molecule has 0 saturated carbocycles. The zero-order valence-electron chi connectivity index (χ0n) is 9.07. The predicted octanol–water partition coefficient (Wildman–Crippen LogP) is 1.68. The number of aromatic hydroxyl groups is 1. The molecule has 0 bridgehead atoms. The number of thiazole rings is 1. The zero-order chi connectivity index (χ0) is 13.1. The number of rotatable bonds is 3. The van der Waals surface area contributed by atoms with Gasteiger partial charge in [0.15, 0.2) is 0 Å². The molecule has 1 heterocycles. The molecular formula is C11H9IN2O3S. The number of hydrogen-bond donors (Lipinski definition) is 3. The van der Waals surface area contributed by atoms with Crippen LogP contribution in [0.25, 0.3) is 0 Å². The molecule has 2 aromatic rings. The summed E-state index contributed by atoms with van der Waals surface area (Å²) >= 11 is 3.11. The van der Waals surface area contributed by atoms with Gasteiger partial charge in [-0.15, -0.1) is 0 Å². The Morgan fingerprint density at radius 1 is 1.50 bits per heavy atom. The van der Waals surface area contributed by atoms with Crippen LogP contribution in [0.15, 0.2) is 28.4 Å². The lowest BCUT2D eigenvalue weighted by Gasteiger charge is -2.06. The Labute approximate surface area is 120 Å². The van der Waals surface area contributed by atoms with Crippen LogP contribution in [0.5, 0.6) is 5.75 Å². The van der Waals surface area contributed by atoms with Crippen LogP contribution >= 0.6 is 33.9 Å². The van der Waals surface area contributed by atoms with Gasteiger partial charge in [0.05, 0.1) is 12.1 Å². The third-order valence-corrected chi connectivity index (χ3v) is 3.60. The normalized spacial score (nSPS) is 10.3. The van der Waals surface area contributed by atoms with E-state index in [0.29, 0.717) is 5.69 Å². The van der Waals surface area contributed by atoms with Crippen molar-refractivity contribution in [3.05, 3.63) is 48.1 Å². The highest BCUT2D eigenvalue weighted by atomic mass is 127. The number of aromatic nitrogens is 1. The molecule has 0 aliphatic rings. The summed E-state index contributed by atoms with van der Waals surface area (Å²) in [7, 11) is 0. The maximum absolute atomic E-state index is 11.8. The number of nitrogens with one attached hydrogen (secondary N) is 2. The van der Waals surface area contributed by atoms with Crippen molar-refractivity contribution < 1.29 is 9.90 Å². The molecule has 1 amide bonds. The molecule has 1 aromatic carbocycles. The first kappa shape index (κ1) is 13.1. The van der Waals surface area contributed by atoms with E-state index < -0.39 is 0 Å². The molecule has 2 rings (SSSR count). The van der Waals surface area contributed by atoms with Gasteiger partial charge in [-0.25, -0.2) is 0 Å². The number of benzene rings is 1. The second kappa shape index (κ2) is 5.53. The van der Waals surface area contributed by atoms with Gasteiger partial charge in [-0.1, -0.05) is 11.3 Å². The molecule has 5 nitrogen and oxygen atoms in total. The number of carbonyl (C=O) groups excluding carboxylic acids is 1. The van der Waals surface area contributed by atoms with Gasteiger partial charge in [0.1, 0.15) is 5.75 Å². The topological polar surface area (TPSA) is 82.2 Å². The maximum Gasteiger partial charge on any atom is 0.304 e. The van der Waals surface area contributed by atoms with Crippen LogP contribution in [0.4, 0.5) is 0 Å². The summed E-state index contributed by atoms with van der Waals surface area (Å²) in [4.78, 5) is 25.2. The van der Waals surface area contributed by atoms with Crippen molar-refractivity contribution in [1.29, 1.82) is 0 Å². The van der Waals surface area contributed by atoms with Gasteiger partial charge in [0.2, 0.25) is 0 Å². The summed E-state index contributed by atoms with van der Waals surface area (Å²) in [6.07, 6.45) is 0. The van der Waals surface area contributed by atoms with Crippen molar-refractivity contribution >= 4 is 39.8 Å². The average molecular weight is 376 g/mol. The van der Waals surface area contributed by atoms with E-state index in [1.807, 2.05) is 0 Å². The lowest BCUT2D eigenvalue weighted by Crippen LogP contribution is -2.23. The van der Waals surface area contributed by atoms with E-state index in [1.54, 1.807) is 17.5 Å². The second-order valence-corrected chi connectivity index (χ2v) is 5.61. The van der Waals surface area contributed by atoms with Crippen LogP contribution in [0.2, 0.25) is 0 Å². The van der Waals surface area contributed by atoms with E-state index in [4.69, 9.17) is 0 Å². The molecule has 3 N–H and O–H groups in total. The van der Waals surface area contributed by atoms with Crippen molar-refractivity contribution in [2.24, 2.45) is 0 Å². The number of phenols is 1. The highest BCUT2D eigenvalue weighted by Gasteiger charge is 2.11. The Morgan fingerprint density at radius 3 is 2.94 bits per heavy atom. The minimum Gasteiger partial charge on any atom is -0.507 e. The van der Waals surface area contributed by atoms with Crippen molar-refractivity contribution in [3.63, 3.8) is 0 Å². The minimum absolute atomic E-state index is 0.0632. The summed E-state index contributed by atoms with van der Waals surface area (Å²) in [5.74, 6) is -0.440. The fraction of sp³-hybridized carbons (Fsp3) is 0.0909. The Bertz CT molecular complexity index is 635. The zero-order valence-corrected chi connectivity index (χ0v) is 12.0. The summed E-state index contributed by atoms with van der Waals surface area (Å²) in [6, 6.07) is 4.79. The molecule has 0 fully saturated rings. The van der Waals surface area contributed by atoms with Gasteiger partial charge >= 0.3 is 4.87 Å². The number of phenolic OH excluding ortho intramolecular Hbond substituents is 1. The smallest absolute Gasteiger partial charge is 0.304 e. The van der Waals surface area contributed by atoms with Crippen LogP contribution in [0, 0.1) is 3.57 Å². The molecule has 0 unspecified atom stereocenters. The highest BCUT2D eigenvalue weighted by Crippen LogP contribution is 2.19. The van der Waals surface area contributed by atoms with Crippen molar-refractivity contribution in [1.82, 2.24) is 10.3 Å². The van der Waals surface area contributed by atoms with Crippen molar-refractivity contribution in [2.45, 2.75) is 6.54 Å². The quantitative estimate of drug-likeness (QED) is 0.713. The Balaban J connectivity index is 2.08. The summed E-state index contributed by atoms with van der Waals surface area (Å²) in [5, 5.41) is 13.9. The Hall–Kier alpha value is -1.35. The standard InChI is InChI=1S/C11H9IN2O3S/c12-6-1-2-9(15)8(3-6)10(16)13-4-7-5-18-11(17)14-7/h1-3,5,15H,4H2,(H,13,16)(H,14,17). The van der Waals surface area contributed by atoms with Gasteiger partial charge in [-0.05, 0) is 40.8 Å². The molecular weight excluding hydrogens is 367 g/mol. The fourth-order valence-electron chi connectivity index (χ4n) is 1.36. The first-order chi connectivity index (χ1) is 8.56. The van der Waals surface area contributed by atoms with Gasteiger partial charge in [-0.2, -0.15) is 0 Å². The molecule has 0 atom stereocenters. The highest BCUT2D eigenvalue weighted by molar-refractivity contribution is 14.1. The summed E-state index contributed by atoms with van der Waals surface area (Å²) in [6.45, 7) is 0.225. The largest absolute Gasteiger partial charge is 0.507 e. The van der Waals surface area contributed by atoms with Crippen molar-refractivity contribution in [3.8, 4) is 5.75 Å². The van der Waals surface area contributed by atoms with E-state index in [-0.39, 0.29) is 28.6 Å². The molecule has 0 saturated heterocycles. The summed E-state index contributed by atoms with van der Waals surface area (Å²) < 4.78 is 0.861. The number of halogens is 1. The first-order valence-corrected chi connectivity index (χ1v) is 6.95. The SMILES string of the molecule is O=C(NCc1csc(=O)[nH]1)c1cc(I)ccc1O. The lowest BCUT2D eigenvalue weighted by atomic mass is 10.2. The number of hydrogen-bond acceptors (Lipinski definition) is 4. The third-order valence-electron chi connectivity index (χ3n) is 2.21. The van der Waals surface area contributed by atoms with Gasteiger partial charge in [0, 0.05) is 14.6 Å². The van der Waals surface area contributed by atoms with Crippen LogP contribution < -0.4 is 10.2 Å². The number of H-pyrrole nitrogens is 1. The van der Waals surface area contributed by atoms with E-state index in [2.05, 4.69) is 32.9 Å². The van der Waals surface area contributed by atoms with Gasteiger partial charge in [-0.3, -0.25) is 9.59 Å². The number of carbonyl (C=O) groups is 1. The number of amides is 1. The first-order valence-electron chi connectivity index (χ1n) is 4.99. The second-order valence-electron chi connectivity index (χ2n) is 3.52. The molecule has 0 radical (unpaired) electrons. The minimum atomic E-state index is -0.377. The van der Waals surface area contributed by atoms with Gasteiger partial charge < -0.3 is 15.4 Å². The van der Waals surface area contributed by atoms with E-state index in [9.17, 15) is 14.7 Å². The lowest BCUT2D eigenvalue weighted by molar-refractivity contribution is 0.0947. The van der Waals surface area contributed by atoms with Gasteiger partial charge in [0.25, 0.3) is 5.91 Å². The maximum atomic E-state index is 11.8. The van der Waals surface area contributed by atoms with E-state index in [1.165, 1.54) is 6.07 Å². The molecule has 1 aromatic heterocycles.